The summed E-state index contributed by atoms with van der Waals surface area (Å²) in [6.45, 7) is 6.09. The normalized spacial score (nSPS) is 12.4. The molecule has 1 aromatic heterocycles. The van der Waals surface area contributed by atoms with Crippen LogP contribution in [-0.4, -0.2) is 22.7 Å². The molecule has 0 unspecified atom stereocenters. The van der Waals surface area contributed by atoms with E-state index in [0.717, 1.165) is 5.56 Å². The summed E-state index contributed by atoms with van der Waals surface area (Å²) in [4.78, 5) is 15.9. The summed E-state index contributed by atoms with van der Waals surface area (Å²) in [6, 6.07) is 6.12. The lowest BCUT2D eigenvalue weighted by Gasteiger charge is -2.16. The van der Waals surface area contributed by atoms with Gasteiger partial charge in [-0.2, -0.15) is 0 Å². The maximum Gasteiger partial charge on any atom is 0.256 e. The Kier molecular flexibility index (Phi) is 5.60. The quantitative estimate of drug-likeness (QED) is 0.823. The molecule has 0 aliphatic carbocycles. The van der Waals surface area contributed by atoms with Gasteiger partial charge in [0.2, 0.25) is 5.91 Å². The van der Waals surface area contributed by atoms with E-state index in [2.05, 4.69) is 24.1 Å². The predicted octanol–water partition coefficient (Wildman–Crippen LogP) is 3.73. The highest BCUT2D eigenvalue weighted by atomic mass is 32.2. The minimum Gasteiger partial charge on any atom is -0.431 e. The summed E-state index contributed by atoms with van der Waals surface area (Å²) in [5.41, 5.74) is 0.749. The number of carbonyl (C=O) groups excluding carboxylic acids is 1. The number of amides is 1. The van der Waals surface area contributed by atoms with Crippen molar-refractivity contribution in [2.45, 2.75) is 32.0 Å². The lowest BCUT2D eigenvalue weighted by Crippen LogP contribution is -2.37. The van der Waals surface area contributed by atoms with Crippen molar-refractivity contribution in [3.05, 3.63) is 36.3 Å². The number of hydrogen-bond donors (Lipinski definition) is 1. The van der Waals surface area contributed by atoms with Gasteiger partial charge in [-0.25, -0.2) is 9.37 Å². The number of carbonyl (C=O) groups is 1. The first-order chi connectivity index (χ1) is 10.5. The third kappa shape index (κ3) is 4.59. The first kappa shape index (κ1) is 16.5. The van der Waals surface area contributed by atoms with E-state index < -0.39 is 0 Å². The zero-order valence-electron chi connectivity index (χ0n) is 12.8. The molecule has 22 heavy (non-hydrogen) atoms. The summed E-state index contributed by atoms with van der Waals surface area (Å²) in [7, 11) is 0. The molecule has 0 saturated carbocycles. The topological polar surface area (TPSA) is 55.1 Å². The molecule has 2 rings (SSSR count). The fourth-order valence-corrected chi connectivity index (χ4v) is 2.28. The van der Waals surface area contributed by atoms with E-state index in [1.807, 2.05) is 6.92 Å². The minimum absolute atomic E-state index is 0.0484. The van der Waals surface area contributed by atoms with Gasteiger partial charge in [-0.15, -0.1) is 0 Å². The number of nitrogens with zero attached hydrogens (tertiary/aromatic N) is 1. The number of aromatic nitrogens is 1. The van der Waals surface area contributed by atoms with Crippen LogP contribution in [0.3, 0.4) is 0 Å². The van der Waals surface area contributed by atoms with Gasteiger partial charge in [0.05, 0.1) is 11.9 Å². The van der Waals surface area contributed by atoms with Gasteiger partial charge in [0.15, 0.2) is 5.76 Å². The van der Waals surface area contributed by atoms with Crippen LogP contribution in [0.5, 0.6) is 0 Å². The van der Waals surface area contributed by atoms with E-state index >= 15 is 0 Å². The van der Waals surface area contributed by atoms with Crippen molar-refractivity contribution in [2.24, 2.45) is 5.92 Å². The molecule has 4 nitrogen and oxygen atoms in total. The number of nitrogens with one attached hydrogen (secondary N) is 1. The number of hydrogen-bond acceptors (Lipinski definition) is 4. The molecule has 0 bridgehead atoms. The average Bonchev–Trinajstić information content (AvgIpc) is 2.94. The Labute approximate surface area is 133 Å². The molecule has 118 valence electrons. The first-order valence-electron chi connectivity index (χ1n) is 7.09. The van der Waals surface area contributed by atoms with Crippen LogP contribution in [0.15, 0.2) is 40.1 Å². The Morgan fingerprint density at radius 1 is 1.32 bits per heavy atom. The Hall–Kier alpha value is -1.82. The lowest BCUT2D eigenvalue weighted by molar-refractivity contribution is -0.119. The van der Waals surface area contributed by atoms with Crippen LogP contribution < -0.4 is 5.32 Å². The van der Waals surface area contributed by atoms with Crippen molar-refractivity contribution in [2.75, 3.05) is 5.75 Å². The number of thioether (sulfide) groups is 1. The van der Waals surface area contributed by atoms with Crippen LogP contribution in [0.25, 0.3) is 11.3 Å². The predicted molar refractivity (Wildman–Crippen MR) is 85.1 cm³/mol. The summed E-state index contributed by atoms with van der Waals surface area (Å²) < 4.78 is 18.4. The van der Waals surface area contributed by atoms with Crippen LogP contribution in [0.1, 0.15) is 20.8 Å². The molecule has 0 fully saturated rings. The van der Waals surface area contributed by atoms with Gasteiger partial charge in [0.25, 0.3) is 5.22 Å². The maximum absolute atomic E-state index is 12.9. The molecule has 0 saturated heterocycles. The standard InChI is InChI=1S/C16H19FN2O2S/c1-10(2)11(3)19-15(20)9-22-16-18-8-14(21-16)12-4-6-13(17)7-5-12/h4-8,10-11H,9H2,1-3H3,(H,19,20)/t11-/m0/s1. The van der Waals surface area contributed by atoms with Crippen molar-refractivity contribution in [3.8, 4) is 11.3 Å². The number of halogens is 1. The van der Waals surface area contributed by atoms with Gasteiger partial charge in [0.1, 0.15) is 5.82 Å². The van der Waals surface area contributed by atoms with Crippen molar-refractivity contribution in [3.63, 3.8) is 0 Å². The van der Waals surface area contributed by atoms with Gasteiger partial charge in [-0.1, -0.05) is 25.6 Å². The lowest BCUT2D eigenvalue weighted by atomic mass is 10.1. The molecular weight excluding hydrogens is 303 g/mol. The molecule has 0 spiro atoms. The molecule has 0 aliphatic heterocycles. The maximum atomic E-state index is 12.9. The first-order valence-corrected chi connectivity index (χ1v) is 8.08. The third-order valence-corrected chi connectivity index (χ3v) is 4.17. The van der Waals surface area contributed by atoms with Crippen LogP contribution >= 0.6 is 11.8 Å². The number of benzene rings is 1. The number of rotatable bonds is 6. The largest absolute Gasteiger partial charge is 0.431 e. The van der Waals surface area contributed by atoms with Crippen LogP contribution in [0.4, 0.5) is 4.39 Å². The second-order valence-electron chi connectivity index (χ2n) is 5.39. The van der Waals surface area contributed by atoms with Crippen molar-refractivity contribution in [1.29, 1.82) is 0 Å². The van der Waals surface area contributed by atoms with E-state index in [-0.39, 0.29) is 23.5 Å². The van der Waals surface area contributed by atoms with Gasteiger partial charge in [0, 0.05) is 11.6 Å². The fraction of sp³-hybridized carbons (Fsp3) is 0.375. The molecule has 1 atom stereocenters. The SMILES string of the molecule is CC(C)[C@H](C)NC(=O)CSc1ncc(-c2ccc(F)cc2)o1. The summed E-state index contributed by atoms with van der Waals surface area (Å²) >= 11 is 1.24. The van der Waals surface area contributed by atoms with Gasteiger partial charge in [-0.05, 0) is 37.1 Å². The second kappa shape index (κ2) is 7.45. The van der Waals surface area contributed by atoms with E-state index in [1.165, 1.54) is 23.9 Å². The highest BCUT2D eigenvalue weighted by Gasteiger charge is 2.13. The van der Waals surface area contributed by atoms with Crippen molar-refractivity contribution < 1.29 is 13.6 Å². The molecule has 6 heteroatoms. The van der Waals surface area contributed by atoms with Crippen molar-refractivity contribution >= 4 is 17.7 Å². The highest BCUT2D eigenvalue weighted by Crippen LogP contribution is 2.25. The van der Waals surface area contributed by atoms with Crippen LogP contribution in [0.2, 0.25) is 0 Å². The van der Waals surface area contributed by atoms with Gasteiger partial charge in [-0.3, -0.25) is 4.79 Å². The monoisotopic (exact) mass is 322 g/mol. The molecular formula is C16H19FN2O2S. The molecule has 1 heterocycles. The molecule has 2 aromatic rings. The smallest absolute Gasteiger partial charge is 0.256 e. The highest BCUT2D eigenvalue weighted by molar-refractivity contribution is 7.99. The van der Waals surface area contributed by atoms with E-state index in [1.54, 1.807) is 18.3 Å². The average molecular weight is 322 g/mol. The Morgan fingerprint density at radius 2 is 2.00 bits per heavy atom. The van der Waals surface area contributed by atoms with E-state index in [9.17, 15) is 9.18 Å². The Bertz CT molecular complexity index is 625. The number of oxazole rings is 1. The zero-order chi connectivity index (χ0) is 16.1. The molecule has 1 aromatic carbocycles. The van der Waals surface area contributed by atoms with E-state index in [0.29, 0.717) is 16.9 Å². The minimum atomic E-state index is -0.297. The van der Waals surface area contributed by atoms with Crippen LogP contribution in [0, 0.1) is 11.7 Å². The second-order valence-corrected chi connectivity index (χ2v) is 6.31. The molecule has 0 radical (unpaired) electrons. The summed E-state index contributed by atoms with van der Waals surface area (Å²) in [5.74, 6) is 0.848. The van der Waals surface area contributed by atoms with Gasteiger partial charge >= 0.3 is 0 Å². The van der Waals surface area contributed by atoms with Crippen molar-refractivity contribution in [1.82, 2.24) is 10.3 Å². The molecule has 0 aliphatic rings. The zero-order valence-corrected chi connectivity index (χ0v) is 13.6. The fourth-order valence-electron chi connectivity index (χ4n) is 1.66. The molecule has 1 amide bonds. The Balaban J connectivity index is 1.90. The molecule has 1 N–H and O–H groups in total. The van der Waals surface area contributed by atoms with Gasteiger partial charge < -0.3 is 9.73 Å². The third-order valence-electron chi connectivity index (χ3n) is 3.33. The summed E-state index contributed by atoms with van der Waals surface area (Å²) in [6.07, 6.45) is 1.57. The Morgan fingerprint density at radius 3 is 2.64 bits per heavy atom. The van der Waals surface area contributed by atoms with Crippen LogP contribution in [-0.2, 0) is 4.79 Å². The van der Waals surface area contributed by atoms with E-state index in [4.69, 9.17) is 4.42 Å². The summed E-state index contributed by atoms with van der Waals surface area (Å²) in [5, 5.41) is 3.35.